The van der Waals surface area contributed by atoms with Crippen molar-refractivity contribution in [1.29, 1.82) is 0 Å². The molecule has 1 saturated heterocycles. The second-order valence-electron chi connectivity index (χ2n) is 4.79. The molecule has 20 heavy (non-hydrogen) atoms. The fourth-order valence-electron chi connectivity index (χ4n) is 2.51. The highest BCUT2D eigenvalue weighted by atomic mass is 32.1. The number of amides is 2. The van der Waals surface area contributed by atoms with E-state index in [-0.39, 0.29) is 6.03 Å². The average molecular weight is 290 g/mol. The van der Waals surface area contributed by atoms with Gasteiger partial charge in [0, 0.05) is 16.9 Å². The van der Waals surface area contributed by atoms with Crippen molar-refractivity contribution in [2.75, 3.05) is 11.9 Å². The molecular weight excluding hydrogens is 276 g/mol. The van der Waals surface area contributed by atoms with E-state index in [4.69, 9.17) is 5.11 Å². The maximum Gasteiger partial charge on any atom is 0.326 e. The third-order valence-electron chi connectivity index (χ3n) is 3.50. The number of benzene rings is 1. The van der Waals surface area contributed by atoms with E-state index in [1.165, 1.54) is 4.90 Å². The number of nitrogens with zero attached hydrogens (tertiary/aromatic N) is 1. The number of fused-ring (bicyclic) bond motifs is 1. The topological polar surface area (TPSA) is 69.6 Å². The Morgan fingerprint density at radius 2 is 2.20 bits per heavy atom. The first-order valence-electron chi connectivity index (χ1n) is 6.43. The number of aliphatic carboxylic acids is 1. The van der Waals surface area contributed by atoms with Crippen molar-refractivity contribution in [3.05, 3.63) is 29.6 Å². The monoisotopic (exact) mass is 290 g/mol. The van der Waals surface area contributed by atoms with E-state index < -0.39 is 12.0 Å². The summed E-state index contributed by atoms with van der Waals surface area (Å²) < 4.78 is 1.16. The van der Waals surface area contributed by atoms with Gasteiger partial charge in [0.05, 0.1) is 0 Å². The van der Waals surface area contributed by atoms with Crippen LogP contribution >= 0.6 is 11.3 Å². The number of carbonyl (C=O) groups excluding carboxylic acids is 1. The Morgan fingerprint density at radius 1 is 1.35 bits per heavy atom. The van der Waals surface area contributed by atoms with Gasteiger partial charge in [-0.05, 0) is 47.9 Å². The summed E-state index contributed by atoms with van der Waals surface area (Å²) in [6, 6.07) is 6.63. The van der Waals surface area contributed by atoms with Crippen molar-refractivity contribution in [2.24, 2.45) is 0 Å². The van der Waals surface area contributed by atoms with E-state index in [9.17, 15) is 9.59 Å². The number of hydrogen-bond acceptors (Lipinski definition) is 3. The highest BCUT2D eigenvalue weighted by molar-refractivity contribution is 7.17. The molecule has 0 saturated carbocycles. The summed E-state index contributed by atoms with van der Waals surface area (Å²) in [7, 11) is 0. The lowest BCUT2D eigenvalue weighted by atomic mass is 10.2. The number of thiophene rings is 1. The van der Waals surface area contributed by atoms with E-state index in [2.05, 4.69) is 5.32 Å². The fraction of sp³-hybridized carbons (Fsp3) is 0.286. The molecule has 1 aliphatic rings. The number of likely N-dealkylation sites (tertiary alicyclic amines) is 1. The van der Waals surface area contributed by atoms with Crippen molar-refractivity contribution in [3.63, 3.8) is 0 Å². The first-order chi connectivity index (χ1) is 9.65. The molecule has 1 aromatic heterocycles. The van der Waals surface area contributed by atoms with E-state index in [1.54, 1.807) is 11.3 Å². The number of urea groups is 1. The molecule has 5 nitrogen and oxygen atoms in total. The Hall–Kier alpha value is -2.08. The van der Waals surface area contributed by atoms with Crippen LogP contribution in [0.1, 0.15) is 12.8 Å². The molecule has 3 rings (SSSR count). The second-order valence-corrected chi connectivity index (χ2v) is 5.74. The molecule has 104 valence electrons. The van der Waals surface area contributed by atoms with Gasteiger partial charge in [-0.25, -0.2) is 9.59 Å². The predicted octanol–water partition coefficient (Wildman–Crippen LogP) is 2.98. The summed E-state index contributed by atoms with van der Waals surface area (Å²) in [5, 5.41) is 14.9. The number of carbonyl (C=O) groups is 2. The minimum absolute atomic E-state index is 0.343. The van der Waals surface area contributed by atoms with Crippen molar-refractivity contribution >= 4 is 39.1 Å². The Bertz CT molecular complexity index is 667. The maximum absolute atomic E-state index is 12.2. The summed E-state index contributed by atoms with van der Waals surface area (Å²) in [6.07, 6.45) is 1.25. The number of rotatable bonds is 2. The van der Waals surface area contributed by atoms with Crippen molar-refractivity contribution in [3.8, 4) is 0 Å². The van der Waals surface area contributed by atoms with Gasteiger partial charge >= 0.3 is 12.0 Å². The smallest absolute Gasteiger partial charge is 0.326 e. The van der Waals surface area contributed by atoms with E-state index in [0.717, 1.165) is 16.5 Å². The Labute approximate surface area is 119 Å². The van der Waals surface area contributed by atoms with Gasteiger partial charge < -0.3 is 15.3 Å². The summed E-state index contributed by atoms with van der Waals surface area (Å²) in [6.45, 7) is 0.490. The number of carboxylic acids is 1. The third-order valence-corrected chi connectivity index (χ3v) is 4.40. The highest BCUT2D eigenvalue weighted by Gasteiger charge is 2.33. The first kappa shape index (κ1) is 12.9. The zero-order valence-corrected chi connectivity index (χ0v) is 11.5. The van der Waals surface area contributed by atoms with Gasteiger partial charge in [-0.3, -0.25) is 0 Å². The van der Waals surface area contributed by atoms with E-state index in [1.807, 2.05) is 29.6 Å². The summed E-state index contributed by atoms with van der Waals surface area (Å²) in [5.41, 5.74) is 0.692. The van der Waals surface area contributed by atoms with Gasteiger partial charge in [0.15, 0.2) is 0 Å². The number of carboxylic acid groups (broad SMARTS) is 1. The molecule has 6 heteroatoms. The lowest BCUT2D eigenvalue weighted by Crippen LogP contribution is -2.42. The van der Waals surface area contributed by atoms with Crippen LogP contribution in [0.25, 0.3) is 10.1 Å². The van der Waals surface area contributed by atoms with Crippen molar-refractivity contribution in [1.82, 2.24) is 4.90 Å². The lowest BCUT2D eigenvalue weighted by molar-refractivity contribution is -0.141. The number of hydrogen-bond donors (Lipinski definition) is 2. The second kappa shape index (κ2) is 5.13. The molecule has 2 N–H and O–H groups in total. The minimum atomic E-state index is -0.939. The van der Waals surface area contributed by atoms with E-state index in [0.29, 0.717) is 18.7 Å². The summed E-state index contributed by atoms with van der Waals surface area (Å²) >= 11 is 1.64. The lowest BCUT2D eigenvalue weighted by Gasteiger charge is -2.21. The number of anilines is 1. The molecular formula is C14H14N2O3S. The van der Waals surface area contributed by atoms with Gasteiger partial charge in [0.2, 0.25) is 0 Å². The SMILES string of the molecule is O=C(O)C1CCCN1C(=O)Nc1ccc2sccc2c1. The quantitative estimate of drug-likeness (QED) is 0.893. The summed E-state index contributed by atoms with van der Waals surface area (Å²) in [5.74, 6) is -0.939. The molecule has 1 fully saturated rings. The Balaban J connectivity index is 1.76. The third kappa shape index (κ3) is 2.34. The molecule has 0 radical (unpaired) electrons. The van der Waals surface area contributed by atoms with Crippen LogP contribution in [-0.2, 0) is 4.79 Å². The molecule has 1 aromatic carbocycles. The standard InChI is InChI=1S/C14H14N2O3S/c17-13(18)11-2-1-6-16(11)14(19)15-10-3-4-12-9(8-10)5-7-20-12/h3-5,7-8,11H,1-2,6H2,(H,15,19)(H,17,18). The molecule has 0 bridgehead atoms. The Kier molecular flexibility index (Phi) is 3.31. The molecule has 2 heterocycles. The molecule has 0 aliphatic carbocycles. The Morgan fingerprint density at radius 3 is 3.00 bits per heavy atom. The largest absolute Gasteiger partial charge is 0.480 e. The fourth-order valence-corrected chi connectivity index (χ4v) is 3.28. The van der Waals surface area contributed by atoms with Crippen LogP contribution in [-0.4, -0.2) is 34.6 Å². The minimum Gasteiger partial charge on any atom is -0.480 e. The molecule has 1 aliphatic heterocycles. The van der Waals surface area contributed by atoms with Crippen LogP contribution in [0.3, 0.4) is 0 Å². The molecule has 2 amide bonds. The van der Waals surface area contributed by atoms with Gasteiger partial charge in [0.1, 0.15) is 6.04 Å². The van der Waals surface area contributed by atoms with Crippen molar-refractivity contribution < 1.29 is 14.7 Å². The van der Waals surface area contributed by atoms with Crippen LogP contribution in [0.5, 0.6) is 0 Å². The first-order valence-corrected chi connectivity index (χ1v) is 7.31. The zero-order valence-electron chi connectivity index (χ0n) is 10.7. The normalized spacial score (nSPS) is 18.4. The molecule has 2 aromatic rings. The highest BCUT2D eigenvalue weighted by Crippen LogP contribution is 2.25. The molecule has 1 unspecified atom stereocenters. The van der Waals surface area contributed by atoms with Crippen LogP contribution in [0.2, 0.25) is 0 Å². The van der Waals surface area contributed by atoms with Gasteiger partial charge in [0.25, 0.3) is 0 Å². The van der Waals surface area contributed by atoms with Crippen molar-refractivity contribution in [2.45, 2.75) is 18.9 Å². The predicted molar refractivity (Wildman–Crippen MR) is 78.2 cm³/mol. The molecule has 0 spiro atoms. The average Bonchev–Trinajstić information content (AvgIpc) is 3.06. The summed E-state index contributed by atoms with van der Waals surface area (Å²) in [4.78, 5) is 24.6. The van der Waals surface area contributed by atoms with Crippen LogP contribution in [0.15, 0.2) is 29.6 Å². The zero-order chi connectivity index (χ0) is 14.1. The maximum atomic E-state index is 12.2. The van der Waals surface area contributed by atoms with Crippen LogP contribution in [0, 0.1) is 0 Å². The molecule has 1 atom stereocenters. The van der Waals surface area contributed by atoms with Crippen LogP contribution < -0.4 is 5.32 Å². The number of nitrogens with one attached hydrogen (secondary N) is 1. The van der Waals surface area contributed by atoms with Gasteiger partial charge in [-0.15, -0.1) is 11.3 Å². The van der Waals surface area contributed by atoms with Gasteiger partial charge in [-0.2, -0.15) is 0 Å². The van der Waals surface area contributed by atoms with Gasteiger partial charge in [-0.1, -0.05) is 0 Å². The van der Waals surface area contributed by atoms with Crippen LogP contribution in [0.4, 0.5) is 10.5 Å². The van der Waals surface area contributed by atoms with E-state index >= 15 is 0 Å².